The van der Waals surface area contributed by atoms with Crippen LogP contribution >= 0.6 is 11.3 Å². The van der Waals surface area contributed by atoms with Gasteiger partial charge in [0.25, 0.3) is 0 Å². The minimum absolute atomic E-state index is 0.0303. The van der Waals surface area contributed by atoms with Crippen LogP contribution in [-0.2, 0) is 19.1 Å². The second-order valence-electron chi connectivity index (χ2n) is 5.30. The molecule has 8 heteroatoms. The summed E-state index contributed by atoms with van der Waals surface area (Å²) in [5.74, 6) is -0.907. The van der Waals surface area contributed by atoms with E-state index in [9.17, 15) is 14.4 Å². The fourth-order valence-corrected chi connectivity index (χ4v) is 2.67. The molecule has 1 aromatic rings. The predicted molar refractivity (Wildman–Crippen MR) is 92.8 cm³/mol. The first kappa shape index (κ1) is 20.1. The van der Waals surface area contributed by atoms with Crippen molar-refractivity contribution in [2.24, 2.45) is 0 Å². The van der Waals surface area contributed by atoms with E-state index in [1.165, 1.54) is 16.2 Å². The summed E-state index contributed by atoms with van der Waals surface area (Å²) in [5.41, 5.74) is 0. The summed E-state index contributed by atoms with van der Waals surface area (Å²) < 4.78 is 4.82. The first-order chi connectivity index (χ1) is 11.5. The molecule has 1 rings (SSSR count). The molecule has 0 aliphatic carbocycles. The van der Waals surface area contributed by atoms with Gasteiger partial charge in [0.15, 0.2) is 5.13 Å². The number of nitrogens with zero attached hydrogens (tertiary/aromatic N) is 2. The number of amides is 2. The Kier molecular flexibility index (Phi) is 8.99. The molecular formula is C16H25N3O4S. The molecule has 0 atom stereocenters. The first-order valence-electron chi connectivity index (χ1n) is 8.11. The van der Waals surface area contributed by atoms with Crippen molar-refractivity contribution in [1.29, 1.82) is 0 Å². The lowest BCUT2D eigenvalue weighted by molar-refractivity contribution is -0.145. The van der Waals surface area contributed by atoms with Crippen molar-refractivity contribution in [3.8, 4) is 0 Å². The van der Waals surface area contributed by atoms with Gasteiger partial charge in [-0.3, -0.25) is 14.4 Å². The maximum absolute atomic E-state index is 12.3. The number of rotatable bonds is 10. The predicted octanol–water partition coefficient (Wildman–Crippen LogP) is 2.36. The lowest BCUT2D eigenvalue weighted by atomic mass is 10.2. The molecule has 0 fully saturated rings. The summed E-state index contributed by atoms with van der Waals surface area (Å²) in [4.78, 5) is 42.3. The summed E-state index contributed by atoms with van der Waals surface area (Å²) in [6, 6.07) is 0. The van der Waals surface area contributed by atoms with Crippen LogP contribution in [0.4, 0.5) is 5.13 Å². The zero-order chi connectivity index (χ0) is 17.9. The Bertz CT molecular complexity index is 559. The van der Waals surface area contributed by atoms with Crippen LogP contribution in [0.2, 0.25) is 0 Å². The van der Waals surface area contributed by atoms with Gasteiger partial charge < -0.3 is 15.0 Å². The molecule has 0 saturated carbocycles. The fraction of sp³-hybridized carbons (Fsp3) is 0.625. The third-order valence-electron chi connectivity index (χ3n) is 3.18. The summed E-state index contributed by atoms with van der Waals surface area (Å²) in [6.07, 6.45) is 3.47. The largest absolute Gasteiger partial charge is 0.466 e. The van der Waals surface area contributed by atoms with Gasteiger partial charge in [-0.15, -0.1) is 11.3 Å². The van der Waals surface area contributed by atoms with Gasteiger partial charge in [0.2, 0.25) is 11.8 Å². The third-order valence-corrected chi connectivity index (χ3v) is 4.01. The van der Waals surface area contributed by atoms with Gasteiger partial charge in [0.05, 0.1) is 19.6 Å². The number of hydrogen-bond donors (Lipinski definition) is 1. The first-order valence-corrected chi connectivity index (χ1v) is 8.93. The van der Waals surface area contributed by atoms with Crippen molar-refractivity contribution in [3.63, 3.8) is 0 Å². The van der Waals surface area contributed by atoms with E-state index >= 15 is 0 Å². The summed E-state index contributed by atoms with van der Waals surface area (Å²) in [5, 5.41) is 3.21. The number of nitrogens with one attached hydrogen (secondary N) is 1. The van der Waals surface area contributed by atoms with Crippen molar-refractivity contribution < 1.29 is 19.1 Å². The van der Waals surface area contributed by atoms with Gasteiger partial charge in [0, 0.05) is 24.0 Å². The van der Waals surface area contributed by atoms with E-state index in [-0.39, 0.29) is 31.2 Å². The molecule has 1 heterocycles. The van der Waals surface area contributed by atoms with Gasteiger partial charge in [-0.2, -0.15) is 0 Å². The SMILES string of the molecule is CCCCN(CC(=O)Nc1ncc(C)s1)C(=O)CCC(=O)OCC. The molecule has 0 aliphatic rings. The minimum Gasteiger partial charge on any atom is -0.466 e. The number of esters is 1. The summed E-state index contributed by atoms with van der Waals surface area (Å²) in [6.45, 7) is 6.38. The molecule has 134 valence electrons. The van der Waals surface area contributed by atoms with Crippen molar-refractivity contribution >= 4 is 34.3 Å². The topological polar surface area (TPSA) is 88.6 Å². The standard InChI is InChI=1S/C16H25N3O4S/c1-4-6-9-19(14(21)7-8-15(22)23-5-2)11-13(20)18-16-17-10-12(3)24-16/h10H,4-9,11H2,1-3H3,(H,17,18,20). The van der Waals surface area contributed by atoms with Crippen LogP contribution in [0.15, 0.2) is 6.20 Å². The maximum atomic E-state index is 12.3. The van der Waals surface area contributed by atoms with E-state index < -0.39 is 5.97 Å². The maximum Gasteiger partial charge on any atom is 0.306 e. The third kappa shape index (κ3) is 7.54. The number of carbonyl (C=O) groups is 3. The van der Waals surface area contributed by atoms with Gasteiger partial charge in [-0.25, -0.2) is 4.98 Å². The van der Waals surface area contributed by atoms with Crippen molar-refractivity contribution in [3.05, 3.63) is 11.1 Å². The van der Waals surface area contributed by atoms with Gasteiger partial charge in [-0.05, 0) is 20.3 Å². The highest BCUT2D eigenvalue weighted by molar-refractivity contribution is 7.15. The average molecular weight is 355 g/mol. The number of carbonyl (C=O) groups excluding carboxylic acids is 3. The molecule has 2 amide bonds. The lowest BCUT2D eigenvalue weighted by Crippen LogP contribution is -2.38. The molecule has 0 aromatic carbocycles. The van der Waals surface area contributed by atoms with Gasteiger partial charge in [0.1, 0.15) is 0 Å². The van der Waals surface area contributed by atoms with Crippen molar-refractivity contribution in [2.75, 3.05) is 25.0 Å². The smallest absolute Gasteiger partial charge is 0.306 e. The molecule has 1 aromatic heterocycles. The monoisotopic (exact) mass is 355 g/mol. The minimum atomic E-state index is -0.399. The van der Waals surface area contributed by atoms with Crippen LogP contribution in [0.1, 0.15) is 44.4 Å². The van der Waals surface area contributed by atoms with Crippen LogP contribution in [0.5, 0.6) is 0 Å². The zero-order valence-corrected chi connectivity index (χ0v) is 15.3. The summed E-state index contributed by atoms with van der Waals surface area (Å²) >= 11 is 1.38. The van der Waals surface area contributed by atoms with E-state index in [4.69, 9.17) is 4.74 Å². The van der Waals surface area contributed by atoms with E-state index in [1.807, 2.05) is 13.8 Å². The molecule has 1 N–H and O–H groups in total. The Hall–Kier alpha value is -1.96. The normalized spacial score (nSPS) is 10.3. The number of hydrogen-bond acceptors (Lipinski definition) is 6. The van der Waals surface area contributed by atoms with Crippen LogP contribution in [0, 0.1) is 6.92 Å². The highest BCUT2D eigenvalue weighted by atomic mass is 32.1. The number of thiazole rings is 1. The van der Waals surface area contributed by atoms with E-state index in [0.29, 0.717) is 18.3 Å². The van der Waals surface area contributed by atoms with E-state index in [0.717, 1.165) is 17.7 Å². The Labute approximate surface area is 146 Å². The van der Waals surface area contributed by atoms with Gasteiger partial charge in [-0.1, -0.05) is 13.3 Å². The van der Waals surface area contributed by atoms with Crippen LogP contribution in [0.25, 0.3) is 0 Å². The molecule has 0 spiro atoms. The van der Waals surface area contributed by atoms with Crippen LogP contribution < -0.4 is 5.32 Å². The Morgan fingerprint density at radius 3 is 2.62 bits per heavy atom. The second-order valence-corrected chi connectivity index (χ2v) is 6.53. The molecular weight excluding hydrogens is 330 g/mol. The Morgan fingerprint density at radius 2 is 2.04 bits per heavy atom. The number of aromatic nitrogens is 1. The molecule has 0 unspecified atom stereocenters. The highest BCUT2D eigenvalue weighted by Gasteiger charge is 2.18. The quantitative estimate of drug-likeness (QED) is 0.651. The Morgan fingerprint density at radius 1 is 1.29 bits per heavy atom. The molecule has 0 aliphatic heterocycles. The van der Waals surface area contributed by atoms with E-state index in [1.54, 1.807) is 13.1 Å². The fourth-order valence-electron chi connectivity index (χ4n) is 1.99. The molecule has 0 radical (unpaired) electrons. The van der Waals surface area contributed by atoms with Gasteiger partial charge >= 0.3 is 5.97 Å². The molecule has 7 nitrogen and oxygen atoms in total. The number of ether oxygens (including phenoxy) is 1. The van der Waals surface area contributed by atoms with Crippen LogP contribution in [-0.4, -0.2) is 47.4 Å². The summed E-state index contributed by atoms with van der Waals surface area (Å²) in [7, 11) is 0. The molecule has 0 bridgehead atoms. The second kappa shape index (κ2) is 10.7. The van der Waals surface area contributed by atoms with Crippen molar-refractivity contribution in [1.82, 2.24) is 9.88 Å². The highest BCUT2D eigenvalue weighted by Crippen LogP contribution is 2.16. The van der Waals surface area contributed by atoms with Crippen molar-refractivity contribution in [2.45, 2.75) is 46.5 Å². The average Bonchev–Trinajstić information content (AvgIpc) is 2.94. The van der Waals surface area contributed by atoms with E-state index in [2.05, 4.69) is 10.3 Å². The number of aryl methyl sites for hydroxylation is 1. The molecule has 0 saturated heterocycles. The lowest BCUT2D eigenvalue weighted by Gasteiger charge is -2.21. The zero-order valence-electron chi connectivity index (χ0n) is 14.5. The number of anilines is 1. The Balaban J connectivity index is 2.54. The number of unbranched alkanes of at least 4 members (excludes halogenated alkanes) is 1. The van der Waals surface area contributed by atoms with Crippen LogP contribution in [0.3, 0.4) is 0 Å². The molecule has 24 heavy (non-hydrogen) atoms.